The molecule has 0 unspecified atom stereocenters. The molecule has 4 aromatic rings. The van der Waals surface area contributed by atoms with Gasteiger partial charge in [-0.15, -0.1) is 0 Å². The van der Waals surface area contributed by atoms with Crippen LogP contribution in [0, 0.1) is 47.3 Å². The molecule has 0 aliphatic carbocycles. The zero-order valence-corrected chi connectivity index (χ0v) is 41.9. The number of ketones is 4. The van der Waals surface area contributed by atoms with Crippen molar-refractivity contribution >= 4 is 23.1 Å². The maximum Gasteiger partial charge on any atom is 0.262 e. The van der Waals surface area contributed by atoms with Crippen LogP contribution in [0.5, 0.6) is 23.0 Å². The van der Waals surface area contributed by atoms with E-state index in [0.29, 0.717) is 23.7 Å². The molecule has 8 N–H and O–H groups in total. The zero-order chi connectivity index (χ0) is 52.0. The molecule has 16 nitrogen and oxygen atoms in total. The number of pyridine rings is 4. The summed E-state index contributed by atoms with van der Waals surface area (Å²) >= 11 is 0. The van der Waals surface area contributed by atoms with Crippen LogP contribution in [-0.4, -0.2) is 63.5 Å². The number of H-pyrrole nitrogens is 4. The van der Waals surface area contributed by atoms with Crippen molar-refractivity contribution in [2.45, 2.75) is 134 Å². The topological polar surface area (TPSA) is 281 Å². The Morgan fingerprint density at radius 2 is 0.529 bits per heavy atom. The van der Waals surface area contributed by atoms with Crippen molar-refractivity contribution in [2.24, 2.45) is 47.3 Å². The summed E-state index contributed by atoms with van der Waals surface area (Å²) in [6, 6.07) is 5.30. The van der Waals surface area contributed by atoms with Crippen LogP contribution in [0.4, 0.5) is 0 Å². The first-order valence-electron chi connectivity index (χ1n) is 23.7. The standard InChI is InChI=1S/4C13H19NO3/c4*1-4-8(2)7-9(3)12(16)11-10(15)5-6-14-13(11)17/h4*5-6,8-9H,4,7H2,1-3H3,(H2,14,15,17)/t4*8-,9+/m1111/s1. The Morgan fingerprint density at radius 3 is 0.662 bits per heavy atom. The van der Waals surface area contributed by atoms with E-state index in [1.165, 1.54) is 49.1 Å². The average Bonchev–Trinajstić information content (AvgIpc) is 3.28. The van der Waals surface area contributed by atoms with Crippen LogP contribution in [0.25, 0.3) is 0 Å². The maximum absolute atomic E-state index is 12.1. The summed E-state index contributed by atoms with van der Waals surface area (Å²) in [4.78, 5) is 104. The van der Waals surface area contributed by atoms with E-state index in [1.54, 1.807) is 27.7 Å². The van der Waals surface area contributed by atoms with E-state index in [-0.39, 0.29) is 92.1 Å². The summed E-state index contributed by atoms with van der Waals surface area (Å²) in [6.45, 7) is 23.7. The molecule has 0 aromatic carbocycles. The molecule has 0 radical (unpaired) electrons. The van der Waals surface area contributed by atoms with Crippen LogP contribution in [-0.2, 0) is 0 Å². The van der Waals surface area contributed by atoms with Crippen molar-refractivity contribution in [3.8, 4) is 23.0 Å². The quantitative estimate of drug-likeness (QED) is 0.0385. The van der Waals surface area contributed by atoms with Gasteiger partial charge in [-0.3, -0.25) is 38.4 Å². The molecule has 0 amide bonds. The molecule has 376 valence electrons. The molecule has 8 atom stereocenters. The monoisotopic (exact) mass is 949 g/mol. The van der Waals surface area contributed by atoms with E-state index >= 15 is 0 Å². The van der Waals surface area contributed by atoms with Gasteiger partial charge in [0.1, 0.15) is 45.3 Å². The van der Waals surface area contributed by atoms with Crippen molar-refractivity contribution in [3.63, 3.8) is 0 Å². The fourth-order valence-corrected chi connectivity index (χ4v) is 7.32. The molecule has 4 rings (SSSR count). The second kappa shape index (κ2) is 29.4. The van der Waals surface area contributed by atoms with E-state index in [0.717, 1.165) is 51.4 Å². The smallest absolute Gasteiger partial charge is 0.262 e. The van der Waals surface area contributed by atoms with Crippen molar-refractivity contribution < 1.29 is 39.6 Å². The predicted octanol–water partition coefficient (Wildman–Crippen LogP) is 9.34. The predicted molar refractivity (Wildman–Crippen MR) is 265 cm³/mol. The van der Waals surface area contributed by atoms with Crippen molar-refractivity contribution in [1.82, 2.24) is 19.9 Å². The fourth-order valence-electron chi connectivity index (χ4n) is 7.32. The number of carbonyl (C=O) groups is 4. The number of aromatic hydroxyl groups is 4. The minimum Gasteiger partial charge on any atom is -0.507 e. The minimum absolute atomic E-state index is 0.122. The third-order valence-electron chi connectivity index (χ3n) is 12.3. The van der Waals surface area contributed by atoms with Gasteiger partial charge in [-0.25, -0.2) is 0 Å². The summed E-state index contributed by atoms with van der Waals surface area (Å²) in [7, 11) is 0. The van der Waals surface area contributed by atoms with Gasteiger partial charge in [0.05, 0.1) is 0 Å². The van der Waals surface area contributed by atoms with Crippen LogP contribution in [0.2, 0.25) is 0 Å². The molecule has 0 aliphatic rings. The molecule has 0 bridgehead atoms. The molecule has 68 heavy (non-hydrogen) atoms. The number of rotatable bonds is 20. The third-order valence-corrected chi connectivity index (χ3v) is 12.3. The van der Waals surface area contributed by atoms with Gasteiger partial charge in [0.2, 0.25) is 0 Å². The SMILES string of the molecule is CC[C@@H](C)C[C@H](C)C(=O)c1c(O)cc[nH]c1=O.CC[C@@H](C)C[C@H](C)C(=O)c1c(O)cc[nH]c1=O.CC[C@@H](C)C[C@H](C)C(=O)c1c(O)cc[nH]c1=O.CC[C@@H](C)C[C@H](C)C(=O)c1c(O)cc[nH]c1=O. The lowest BCUT2D eigenvalue weighted by Crippen LogP contribution is -2.23. The second-order valence-corrected chi connectivity index (χ2v) is 18.3. The van der Waals surface area contributed by atoms with Crippen molar-refractivity contribution in [2.75, 3.05) is 0 Å². The largest absolute Gasteiger partial charge is 0.507 e. The van der Waals surface area contributed by atoms with Gasteiger partial charge in [-0.2, -0.15) is 0 Å². The second-order valence-electron chi connectivity index (χ2n) is 18.3. The molecule has 16 heteroatoms. The number of aromatic amines is 4. The Morgan fingerprint density at radius 1 is 0.368 bits per heavy atom. The van der Waals surface area contributed by atoms with Gasteiger partial charge in [-0.05, 0) is 73.6 Å². The normalized spacial score (nSPS) is 14.3. The first-order chi connectivity index (χ1) is 31.9. The fraction of sp³-hybridized carbons (Fsp3) is 0.538. The first-order valence-corrected chi connectivity index (χ1v) is 23.7. The zero-order valence-electron chi connectivity index (χ0n) is 41.9. The summed E-state index contributed by atoms with van der Waals surface area (Å²) in [5, 5.41) is 38.2. The number of hydrogen-bond acceptors (Lipinski definition) is 12. The maximum atomic E-state index is 12.1. The van der Waals surface area contributed by atoms with Gasteiger partial charge < -0.3 is 40.4 Å². The lowest BCUT2D eigenvalue weighted by atomic mass is 9.89. The highest BCUT2D eigenvalue weighted by atomic mass is 16.3. The van der Waals surface area contributed by atoms with Gasteiger partial charge >= 0.3 is 0 Å². The third kappa shape index (κ3) is 18.4. The Hall–Kier alpha value is -6.32. The Kier molecular flexibility index (Phi) is 25.8. The molecule has 0 saturated carbocycles. The number of carbonyl (C=O) groups excluding carboxylic acids is 4. The van der Waals surface area contributed by atoms with E-state index in [1.807, 2.05) is 0 Å². The molecular weight excluding hydrogens is 873 g/mol. The minimum atomic E-state index is -0.522. The summed E-state index contributed by atoms with van der Waals surface area (Å²) in [5.74, 6) is -1.40. The van der Waals surface area contributed by atoms with Crippen LogP contribution in [0.3, 0.4) is 0 Å². The molecule has 0 saturated heterocycles. The summed E-state index contributed by atoms with van der Waals surface area (Å²) in [5.41, 5.74) is -2.58. The van der Waals surface area contributed by atoms with Crippen LogP contribution in [0.15, 0.2) is 68.2 Å². The molecule has 0 aliphatic heterocycles. The van der Waals surface area contributed by atoms with Crippen LogP contribution < -0.4 is 22.2 Å². The highest BCUT2D eigenvalue weighted by Crippen LogP contribution is 2.25. The van der Waals surface area contributed by atoms with E-state index < -0.39 is 22.2 Å². The van der Waals surface area contributed by atoms with Crippen LogP contribution in [0.1, 0.15) is 176 Å². The van der Waals surface area contributed by atoms with Crippen molar-refractivity contribution in [3.05, 3.63) is 113 Å². The molecule has 4 aromatic heterocycles. The molecule has 0 fully saturated rings. The van der Waals surface area contributed by atoms with Gasteiger partial charge in [0.15, 0.2) is 23.1 Å². The highest BCUT2D eigenvalue weighted by molar-refractivity contribution is 6.01. The summed E-state index contributed by atoms with van der Waals surface area (Å²) < 4.78 is 0. The van der Waals surface area contributed by atoms with Crippen molar-refractivity contribution in [1.29, 1.82) is 0 Å². The average molecular weight is 949 g/mol. The lowest BCUT2D eigenvalue weighted by molar-refractivity contribution is 0.0901. The van der Waals surface area contributed by atoms with Gasteiger partial charge in [0, 0.05) is 48.5 Å². The summed E-state index contributed by atoms with van der Waals surface area (Å²) in [6.07, 6.45) is 12.2. The van der Waals surface area contributed by atoms with Gasteiger partial charge in [0.25, 0.3) is 22.2 Å². The number of hydrogen-bond donors (Lipinski definition) is 8. The lowest BCUT2D eigenvalue weighted by Gasteiger charge is -2.14. The van der Waals surface area contributed by atoms with Gasteiger partial charge in [-0.1, -0.05) is 109 Å². The van der Waals surface area contributed by atoms with E-state index in [4.69, 9.17) is 0 Å². The number of aromatic nitrogens is 4. The van der Waals surface area contributed by atoms with E-state index in [2.05, 4.69) is 75.3 Å². The number of nitrogens with one attached hydrogen (secondary N) is 4. The van der Waals surface area contributed by atoms with Crippen LogP contribution >= 0.6 is 0 Å². The Bertz CT molecular complexity index is 2140. The molecule has 0 spiro atoms. The molecule has 4 heterocycles. The van der Waals surface area contributed by atoms with E-state index in [9.17, 15) is 58.8 Å². The first kappa shape index (κ1) is 59.7. The molecular formula is C52H76N4O12. The number of Topliss-reactive ketones (excluding diaryl/α,β-unsaturated/α-hetero) is 4. The Labute approximate surface area is 399 Å². The highest BCUT2D eigenvalue weighted by Gasteiger charge is 2.26. The Balaban J connectivity index is 0.000000453.